The lowest BCUT2D eigenvalue weighted by molar-refractivity contribution is -0.0344. The van der Waals surface area contributed by atoms with E-state index >= 15 is 0 Å². The summed E-state index contributed by atoms with van der Waals surface area (Å²) < 4.78 is 6.31. The smallest absolute Gasteiger partial charge is 0.161 e. The molecule has 3 aliphatic carbocycles. The average Bonchev–Trinajstić information content (AvgIpc) is 3.43. The Morgan fingerprint density at radius 3 is 2.77 bits per heavy atom. The molecule has 0 amide bonds. The number of H-pyrrole nitrogens is 1. The third kappa shape index (κ3) is 7.54. The highest BCUT2D eigenvalue weighted by molar-refractivity contribution is 5.44. The van der Waals surface area contributed by atoms with Gasteiger partial charge in [-0.2, -0.15) is 0 Å². The molecule has 8 heteroatoms. The molecule has 0 unspecified atom stereocenters. The lowest BCUT2D eigenvalue weighted by Gasteiger charge is -2.34. The lowest BCUT2D eigenvalue weighted by Crippen LogP contribution is -2.40. The minimum absolute atomic E-state index is 0.00916. The number of allylic oxidation sites excluding steroid dienone is 2. The number of aliphatic hydroxyl groups is 3. The van der Waals surface area contributed by atoms with Crippen LogP contribution in [0.1, 0.15) is 86.9 Å². The number of ether oxygens (including phenoxy) is 1. The first-order valence-electron chi connectivity index (χ1n) is 17.3. The molecule has 3 aromatic rings. The molecular formula is C39H49N3O5. The third-order valence-electron chi connectivity index (χ3n) is 11.0. The number of nitrogen functional groups attached to an aromatic ring is 1. The van der Waals surface area contributed by atoms with Crippen LogP contribution in [-0.2, 0) is 6.42 Å². The highest BCUT2D eigenvalue weighted by Gasteiger charge is 2.42. The molecule has 0 spiro atoms. The van der Waals surface area contributed by atoms with Crippen molar-refractivity contribution in [1.29, 1.82) is 0 Å². The first-order chi connectivity index (χ1) is 22.8. The lowest BCUT2D eigenvalue weighted by atomic mass is 9.76. The summed E-state index contributed by atoms with van der Waals surface area (Å²) in [6.45, 7) is 1.98. The van der Waals surface area contributed by atoms with Gasteiger partial charge in [-0.25, -0.2) is 4.98 Å². The van der Waals surface area contributed by atoms with Crippen LogP contribution < -0.4 is 10.5 Å². The van der Waals surface area contributed by atoms with E-state index in [1.807, 2.05) is 42.6 Å². The van der Waals surface area contributed by atoms with Gasteiger partial charge >= 0.3 is 0 Å². The number of fused-ring (bicyclic) bond motifs is 4. The molecule has 1 fully saturated rings. The van der Waals surface area contributed by atoms with E-state index in [0.717, 1.165) is 55.3 Å². The van der Waals surface area contributed by atoms with Crippen LogP contribution in [0.2, 0.25) is 0 Å². The van der Waals surface area contributed by atoms with Crippen molar-refractivity contribution < 1.29 is 25.2 Å². The normalized spacial score (nSPS) is 30.0. The third-order valence-corrected chi connectivity index (χ3v) is 11.0. The molecule has 6 rings (SSSR count). The number of pyridine rings is 1. The Hall–Kier alpha value is -3.77. The fourth-order valence-electron chi connectivity index (χ4n) is 8.17. The van der Waals surface area contributed by atoms with E-state index in [0.29, 0.717) is 25.1 Å². The summed E-state index contributed by atoms with van der Waals surface area (Å²) in [5.74, 6) is 7.24. The topological polar surface area (TPSA) is 145 Å². The molecule has 7 N–H and O–H groups in total. The monoisotopic (exact) mass is 639 g/mol. The molecule has 1 saturated carbocycles. The van der Waals surface area contributed by atoms with Gasteiger partial charge in [0.2, 0.25) is 0 Å². The Labute approximate surface area is 278 Å². The van der Waals surface area contributed by atoms with Crippen LogP contribution in [0.5, 0.6) is 11.5 Å². The van der Waals surface area contributed by atoms with E-state index in [1.54, 1.807) is 12.3 Å². The number of aromatic hydroxyl groups is 1. The number of aromatic nitrogens is 2. The zero-order valence-corrected chi connectivity index (χ0v) is 27.3. The zero-order valence-electron chi connectivity index (χ0n) is 27.3. The molecule has 0 aliphatic heterocycles. The van der Waals surface area contributed by atoms with Gasteiger partial charge < -0.3 is 35.9 Å². The Morgan fingerprint density at radius 1 is 1.13 bits per heavy atom. The quantitative estimate of drug-likeness (QED) is 0.121. The number of hydrogen-bond acceptors (Lipinski definition) is 7. The number of benzene rings is 1. The maximum atomic E-state index is 11.7. The number of nitrogens with two attached hydrogens (primary N) is 1. The molecule has 0 radical (unpaired) electrons. The van der Waals surface area contributed by atoms with Crippen LogP contribution in [0.4, 0.5) is 5.82 Å². The van der Waals surface area contributed by atoms with E-state index < -0.39 is 18.3 Å². The SMILES string of the molecule is CC[C@@]12C#C[C@@H]3C=C[C@H](c4ccc(O)c(O[C@H](CO)C[C@H](Cc5ccc[nH]5)c5ccnc(N)c5)c4)C[C@@H](O)[C@H]3[C@@H](O)[C@@H](CCC1)CC2. The number of phenolic OH excluding ortho intramolecular Hbond substituents is 1. The second-order valence-corrected chi connectivity index (χ2v) is 14.0. The average molecular weight is 640 g/mol. The number of hydrogen-bond donors (Lipinski definition) is 6. The van der Waals surface area contributed by atoms with E-state index in [9.17, 15) is 20.4 Å². The van der Waals surface area contributed by atoms with E-state index in [2.05, 4.69) is 40.9 Å². The maximum absolute atomic E-state index is 11.7. The summed E-state index contributed by atoms with van der Waals surface area (Å²) in [5, 5.41) is 44.6. The summed E-state index contributed by atoms with van der Waals surface area (Å²) in [6, 6.07) is 13.0. The molecule has 47 heavy (non-hydrogen) atoms. The Balaban J connectivity index is 1.23. The van der Waals surface area contributed by atoms with Crippen LogP contribution in [0.25, 0.3) is 0 Å². The fourth-order valence-corrected chi connectivity index (χ4v) is 8.17. The van der Waals surface area contributed by atoms with Crippen LogP contribution in [0, 0.1) is 35.0 Å². The highest BCUT2D eigenvalue weighted by Crippen LogP contribution is 2.46. The fraction of sp³-hybridized carbons (Fsp3) is 0.513. The van der Waals surface area contributed by atoms with Crippen molar-refractivity contribution in [2.24, 2.45) is 23.2 Å². The first-order valence-corrected chi connectivity index (χ1v) is 17.3. The van der Waals surface area contributed by atoms with Gasteiger partial charge in [0.15, 0.2) is 11.5 Å². The first kappa shape index (κ1) is 33.1. The van der Waals surface area contributed by atoms with Crippen molar-refractivity contribution in [2.75, 3.05) is 12.3 Å². The minimum Gasteiger partial charge on any atom is -0.504 e. The number of rotatable bonds is 10. The molecule has 8 nitrogen and oxygen atoms in total. The van der Waals surface area contributed by atoms with Gasteiger partial charge in [0.05, 0.1) is 18.8 Å². The molecule has 0 saturated heterocycles. The molecule has 2 heterocycles. The van der Waals surface area contributed by atoms with Crippen molar-refractivity contribution in [2.45, 2.75) is 94.9 Å². The summed E-state index contributed by atoms with van der Waals surface area (Å²) in [7, 11) is 0. The predicted molar refractivity (Wildman–Crippen MR) is 183 cm³/mol. The van der Waals surface area contributed by atoms with Crippen LogP contribution in [-0.4, -0.2) is 55.3 Å². The van der Waals surface area contributed by atoms with Crippen LogP contribution in [0.3, 0.4) is 0 Å². The molecule has 9 atom stereocenters. The number of anilines is 1. The van der Waals surface area contributed by atoms with Gasteiger partial charge in [0.25, 0.3) is 0 Å². The van der Waals surface area contributed by atoms with Crippen LogP contribution >= 0.6 is 0 Å². The van der Waals surface area contributed by atoms with Crippen LogP contribution in [0.15, 0.2) is 67.0 Å². The minimum atomic E-state index is -0.745. The summed E-state index contributed by atoms with van der Waals surface area (Å²) in [6.07, 6.45) is 13.4. The molecule has 1 aromatic carbocycles. The van der Waals surface area contributed by atoms with Crippen molar-refractivity contribution >= 4 is 5.82 Å². The van der Waals surface area contributed by atoms with Crippen molar-refractivity contribution in [3.63, 3.8) is 0 Å². The standard InChI is InChI=1S/C39H49N3O5/c1-2-39-14-3-5-26(12-16-39)38(46)37-25(11-15-39)7-8-27(21-34(37)45)28-9-10-33(44)35(22-28)47-32(24-43)20-30(19-31-6-4-17-41-31)29-13-18-42-36(40)23-29/h4,6-10,13,17-18,22-23,25-27,30,32,34,37-38,41,43-46H,2-3,5,12,14,16,19-21,24H2,1H3,(H2,40,42)/t25-,26-,27-,30-,32-,34+,37-,38-,39-/m0/s1. The van der Waals surface area contributed by atoms with Gasteiger partial charge in [-0.3, -0.25) is 0 Å². The second kappa shape index (κ2) is 14.6. The largest absolute Gasteiger partial charge is 0.504 e. The Morgan fingerprint density at radius 2 is 2.00 bits per heavy atom. The Kier molecular flexibility index (Phi) is 10.3. The summed E-state index contributed by atoms with van der Waals surface area (Å²) >= 11 is 0. The molecule has 3 aliphatic rings. The van der Waals surface area contributed by atoms with E-state index in [-0.39, 0.29) is 53.1 Å². The molecular weight excluding hydrogens is 590 g/mol. The maximum Gasteiger partial charge on any atom is 0.161 e. The van der Waals surface area contributed by atoms with Gasteiger partial charge in [0.1, 0.15) is 11.9 Å². The summed E-state index contributed by atoms with van der Waals surface area (Å²) in [5.41, 5.74) is 8.93. The number of aliphatic hydroxyl groups excluding tert-OH is 3. The van der Waals surface area contributed by atoms with Gasteiger partial charge in [-0.15, -0.1) is 0 Å². The number of nitrogens with zero attached hydrogens (tertiary/aromatic N) is 1. The summed E-state index contributed by atoms with van der Waals surface area (Å²) in [4.78, 5) is 7.40. The number of nitrogens with one attached hydrogen (secondary N) is 1. The molecule has 250 valence electrons. The zero-order chi connectivity index (χ0) is 33.0. The van der Waals surface area contributed by atoms with Gasteiger partial charge in [-0.1, -0.05) is 43.4 Å². The van der Waals surface area contributed by atoms with Crippen molar-refractivity contribution in [3.8, 4) is 23.3 Å². The van der Waals surface area contributed by atoms with Crippen molar-refractivity contribution in [1.82, 2.24) is 9.97 Å². The van der Waals surface area contributed by atoms with E-state index in [1.165, 1.54) is 0 Å². The second-order valence-electron chi connectivity index (χ2n) is 14.0. The van der Waals surface area contributed by atoms with E-state index in [4.69, 9.17) is 10.5 Å². The Bertz CT molecular complexity index is 1580. The molecule has 2 bridgehead atoms. The van der Waals surface area contributed by atoms with Crippen molar-refractivity contribution in [3.05, 3.63) is 83.8 Å². The predicted octanol–water partition coefficient (Wildman–Crippen LogP) is 5.85. The number of aromatic amines is 1. The number of phenols is 1. The van der Waals surface area contributed by atoms with Gasteiger partial charge in [0, 0.05) is 41.3 Å². The molecule has 2 aromatic heterocycles. The highest BCUT2D eigenvalue weighted by atomic mass is 16.5. The van der Waals surface area contributed by atoms with Gasteiger partial charge in [-0.05, 0) is 111 Å².